The van der Waals surface area contributed by atoms with Crippen LogP contribution in [-0.2, 0) is 13.2 Å². The van der Waals surface area contributed by atoms with Gasteiger partial charge in [-0.05, 0) is 42.5 Å². The number of benzene rings is 2. The second kappa shape index (κ2) is 7.00. The molecule has 0 spiro atoms. The molecule has 3 aromatic rings. The lowest BCUT2D eigenvalue weighted by Gasteiger charge is -2.19. The number of halogens is 1. The Bertz CT molecular complexity index is 935. The van der Waals surface area contributed by atoms with Crippen molar-refractivity contribution in [3.63, 3.8) is 0 Å². The van der Waals surface area contributed by atoms with E-state index in [1.807, 2.05) is 47.1 Å². The molecule has 0 unspecified atom stereocenters. The van der Waals surface area contributed by atoms with Crippen molar-refractivity contribution in [2.24, 2.45) is 0 Å². The molecule has 0 saturated carbocycles. The van der Waals surface area contributed by atoms with Gasteiger partial charge in [0.2, 0.25) is 4.77 Å². The van der Waals surface area contributed by atoms with Crippen LogP contribution in [0.25, 0.3) is 11.4 Å². The van der Waals surface area contributed by atoms with Gasteiger partial charge < -0.3 is 4.74 Å². The molecular formula is C18H17ClN4OS. The number of H-pyrrole nitrogens is 1. The summed E-state index contributed by atoms with van der Waals surface area (Å²) in [6, 6.07) is 15.7. The molecule has 0 atom stereocenters. The predicted octanol–water partition coefficient (Wildman–Crippen LogP) is 4.11. The molecule has 4 rings (SSSR count). The van der Waals surface area contributed by atoms with Gasteiger partial charge in [0.1, 0.15) is 12.4 Å². The zero-order chi connectivity index (χ0) is 17.2. The molecule has 0 aliphatic carbocycles. The van der Waals surface area contributed by atoms with E-state index >= 15 is 0 Å². The molecule has 0 radical (unpaired) electrons. The van der Waals surface area contributed by atoms with Gasteiger partial charge in [0.15, 0.2) is 5.82 Å². The Hall–Kier alpha value is -2.15. The first-order valence-electron chi connectivity index (χ1n) is 8.05. The van der Waals surface area contributed by atoms with E-state index in [2.05, 4.69) is 21.0 Å². The summed E-state index contributed by atoms with van der Waals surface area (Å²) in [5.74, 6) is 1.70. The van der Waals surface area contributed by atoms with Crippen molar-refractivity contribution in [2.45, 2.75) is 13.2 Å². The van der Waals surface area contributed by atoms with Crippen molar-refractivity contribution < 1.29 is 4.74 Å². The van der Waals surface area contributed by atoms with E-state index in [-0.39, 0.29) is 0 Å². The lowest BCUT2D eigenvalue weighted by molar-refractivity contribution is 0.177. The molecule has 0 bridgehead atoms. The molecule has 25 heavy (non-hydrogen) atoms. The first-order valence-corrected chi connectivity index (χ1v) is 8.83. The molecule has 0 fully saturated rings. The standard InChI is InChI=1S/C18H17ClN4OS/c19-15-7-5-13(6-8-15)17-20-18(25)23(21-17)12-22-9-10-24-16-4-2-1-3-14(16)11-22/h1-8H,9-12H2,(H,20,21,25). The van der Waals surface area contributed by atoms with Crippen LogP contribution in [0.3, 0.4) is 0 Å². The molecule has 128 valence electrons. The second-order valence-corrected chi connectivity index (χ2v) is 6.74. The van der Waals surface area contributed by atoms with Crippen molar-refractivity contribution in [1.29, 1.82) is 0 Å². The Morgan fingerprint density at radius 1 is 1.16 bits per heavy atom. The molecular weight excluding hydrogens is 356 g/mol. The minimum absolute atomic E-state index is 0.531. The van der Waals surface area contributed by atoms with E-state index in [1.165, 1.54) is 5.56 Å². The molecule has 2 heterocycles. The highest BCUT2D eigenvalue weighted by Gasteiger charge is 2.16. The Morgan fingerprint density at radius 3 is 2.80 bits per heavy atom. The topological polar surface area (TPSA) is 46.1 Å². The first kappa shape index (κ1) is 16.3. The normalized spacial score (nSPS) is 14.6. The van der Waals surface area contributed by atoms with Crippen LogP contribution in [0.4, 0.5) is 0 Å². The smallest absolute Gasteiger partial charge is 0.217 e. The van der Waals surface area contributed by atoms with Gasteiger partial charge in [0, 0.05) is 29.2 Å². The third-order valence-electron chi connectivity index (χ3n) is 4.17. The number of aromatic amines is 1. The predicted molar refractivity (Wildman–Crippen MR) is 100 cm³/mol. The average Bonchev–Trinajstić information content (AvgIpc) is 2.85. The maximum Gasteiger partial charge on any atom is 0.217 e. The summed E-state index contributed by atoms with van der Waals surface area (Å²) in [7, 11) is 0. The molecule has 1 aliphatic rings. The molecule has 7 heteroatoms. The van der Waals surface area contributed by atoms with Crippen LogP contribution in [0.15, 0.2) is 48.5 Å². The van der Waals surface area contributed by atoms with Crippen LogP contribution in [0.1, 0.15) is 5.56 Å². The summed E-state index contributed by atoms with van der Waals surface area (Å²) in [4.78, 5) is 6.75. The van der Waals surface area contributed by atoms with Crippen LogP contribution in [0.5, 0.6) is 5.75 Å². The Labute approximate surface area is 155 Å². The number of hydrogen-bond acceptors (Lipinski definition) is 4. The third kappa shape index (κ3) is 3.61. The van der Waals surface area contributed by atoms with E-state index in [4.69, 9.17) is 28.6 Å². The molecule has 1 aromatic heterocycles. The number of fused-ring (bicyclic) bond motifs is 1. The summed E-state index contributed by atoms with van der Waals surface area (Å²) < 4.78 is 8.23. The van der Waals surface area contributed by atoms with Crippen LogP contribution >= 0.6 is 23.8 Å². The maximum absolute atomic E-state index is 5.95. The van der Waals surface area contributed by atoms with Crippen molar-refractivity contribution in [3.8, 4) is 17.1 Å². The number of ether oxygens (including phenoxy) is 1. The van der Waals surface area contributed by atoms with E-state index in [9.17, 15) is 0 Å². The zero-order valence-electron chi connectivity index (χ0n) is 13.5. The van der Waals surface area contributed by atoms with E-state index in [1.54, 1.807) is 0 Å². The van der Waals surface area contributed by atoms with Crippen molar-refractivity contribution in [1.82, 2.24) is 19.7 Å². The van der Waals surface area contributed by atoms with Gasteiger partial charge in [-0.1, -0.05) is 29.8 Å². The number of hydrogen-bond donors (Lipinski definition) is 1. The largest absolute Gasteiger partial charge is 0.492 e. The number of nitrogens with one attached hydrogen (secondary N) is 1. The molecule has 2 aromatic carbocycles. The molecule has 1 aliphatic heterocycles. The van der Waals surface area contributed by atoms with Gasteiger partial charge in [0.25, 0.3) is 0 Å². The average molecular weight is 373 g/mol. The quantitative estimate of drug-likeness (QED) is 0.703. The van der Waals surface area contributed by atoms with E-state index in [0.717, 1.165) is 30.2 Å². The van der Waals surface area contributed by atoms with Crippen molar-refractivity contribution in [2.75, 3.05) is 13.2 Å². The van der Waals surface area contributed by atoms with Crippen LogP contribution in [0, 0.1) is 4.77 Å². The van der Waals surface area contributed by atoms with Crippen molar-refractivity contribution >= 4 is 23.8 Å². The molecule has 0 amide bonds. The number of rotatable bonds is 3. The summed E-state index contributed by atoms with van der Waals surface area (Å²) in [6.45, 7) is 2.93. The van der Waals surface area contributed by atoms with Gasteiger partial charge in [-0.15, -0.1) is 0 Å². The monoisotopic (exact) mass is 372 g/mol. The minimum Gasteiger partial charge on any atom is -0.492 e. The lowest BCUT2D eigenvalue weighted by atomic mass is 10.2. The summed E-state index contributed by atoms with van der Waals surface area (Å²) >= 11 is 11.4. The SMILES string of the molecule is S=c1nc(-c2ccc(Cl)cc2)[nH]n1CN1CCOc2ccccc2C1. The van der Waals surface area contributed by atoms with Gasteiger partial charge in [0.05, 0.1) is 6.67 Å². The highest BCUT2D eigenvalue weighted by atomic mass is 35.5. The molecule has 0 saturated heterocycles. The Kier molecular flexibility index (Phi) is 4.57. The minimum atomic E-state index is 0.531. The second-order valence-electron chi connectivity index (χ2n) is 5.94. The highest BCUT2D eigenvalue weighted by molar-refractivity contribution is 7.71. The van der Waals surface area contributed by atoms with Crippen LogP contribution < -0.4 is 4.74 Å². The Morgan fingerprint density at radius 2 is 1.96 bits per heavy atom. The van der Waals surface area contributed by atoms with Gasteiger partial charge in [-0.25, -0.2) is 4.68 Å². The summed E-state index contributed by atoms with van der Waals surface area (Å²) in [6.07, 6.45) is 0. The zero-order valence-corrected chi connectivity index (χ0v) is 15.1. The van der Waals surface area contributed by atoms with E-state index < -0.39 is 0 Å². The first-order chi connectivity index (χ1) is 12.2. The molecule has 1 N–H and O–H groups in total. The number of nitrogens with zero attached hydrogens (tertiary/aromatic N) is 3. The van der Waals surface area contributed by atoms with E-state index in [0.29, 0.717) is 23.1 Å². The van der Waals surface area contributed by atoms with Gasteiger partial charge in [-0.3, -0.25) is 10.00 Å². The summed E-state index contributed by atoms with van der Waals surface area (Å²) in [5, 5.41) is 3.98. The summed E-state index contributed by atoms with van der Waals surface area (Å²) in [5.41, 5.74) is 2.14. The number of para-hydroxylation sites is 1. The van der Waals surface area contributed by atoms with Crippen LogP contribution in [0.2, 0.25) is 5.02 Å². The number of aromatic nitrogens is 3. The fourth-order valence-electron chi connectivity index (χ4n) is 2.89. The lowest BCUT2D eigenvalue weighted by Crippen LogP contribution is -2.28. The maximum atomic E-state index is 5.95. The fourth-order valence-corrected chi connectivity index (χ4v) is 3.21. The molecule has 5 nitrogen and oxygen atoms in total. The third-order valence-corrected chi connectivity index (χ3v) is 4.73. The van der Waals surface area contributed by atoms with Crippen LogP contribution in [-0.4, -0.2) is 32.8 Å². The van der Waals surface area contributed by atoms with Gasteiger partial charge in [-0.2, -0.15) is 4.98 Å². The van der Waals surface area contributed by atoms with Crippen molar-refractivity contribution in [3.05, 3.63) is 63.9 Å². The Balaban J connectivity index is 1.55. The fraction of sp³-hybridized carbons (Fsp3) is 0.222. The highest BCUT2D eigenvalue weighted by Crippen LogP contribution is 2.23. The van der Waals surface area contributed by atoms with Gasteiger partial charge >= 0.3 is 0 Å².